The van der Waals surface area contributed by atoms with Gasteiger partial charge in [0.1, 0.15) is 12.1 Å². The summed E-state index contributed by atoms with van der Waals surface area (Å²) in [6, 6.07) is 11.5. The molecule has 2 aromatic carbocycles. The van der Waals surface area contributed by atoms with Gasteiger partial charge in [0, 0.05) is 12.0 Å². The zero-order chi connectivity index (χ0) is 19.5. The van der Waals surface area contributed by atoms with Gasteiger partial charge >= 0.3 is 0 Å². The minimum absolute atomic E-state index is 0.0920. The van der Waals surface area contributed by atoms with E-state index in [1.807, 2.05) is 32.0 Å². The van der Waals surface area contributed by atoms with Crippen LogP contribution in [0.5, 0.6) is 11.5 Å². The van der Waals surface area contributed by atoms with E-state index in [4.69, 9.17) is 9.47 Å². The summed E-state index contributed by atoms with van der Waals surface area (Å²) < 4.78 is 13.0. The lowest BCUT2D eigenvalue weighted by atomic mass is 9.99. The molecule has 0 saturated heterocycles. The fourth-order valence-corrected chi connectivity index (χ4v) is 3.72. The lowest BCUT2D eigenvalue weighted by molar-refractivity contribution is -0.939. The highest BCUT2D eigenvalue weighted by Gasteiger charge is 2.23. The summed E-state index contributed by atoms with van der Waals surface area (Å²) >= 11 is 0. The zero-order valence-electron chi connectivity index (χ0n) is 16.3. The van der Waals surface area contributed by atoms with E-state index in [0.29, 0.717) is 30.8 Å². The molecule has 1 aliphatic heterocycles. The Kier molecular flexibility index (Phi) is 5.25. The molecular formula is C21H25N4O3+. The third-order valence-electron chi connectivity index (χ3n) is 5.06. The molecule has 1 aliphatic rings. The van der Waals surface area contributed by atoms with Crippen molar-refractivity contribution < 1.29 is 14.4 Å². The van der Waals surface area contributed by atoms with Crippen molar-refractivity contribution in [1.82, 2.24) is 15.0 Å². The molecule has 0 amide bonds. The van der Waals surface area contributed by atoms with E-state index in [9.17, 15) is 4.79 Å². The second-order valence-corrected chi connectivity index (χ2v) is 6.93. The van der Waals surface area contributed by atoms with Crippen molar-refractivity contribution in [2.45, 2.75) is 33.5 Å². The molecule has 0 fully saturated rings. The summed E-state index contributed by atoms with van der Waals surface area (Å²) in [5.74, 6) is 1.59. The predicted octanol–water partition coefficient (Wildman–Crippen LogP) is 1.19. The minimum atomic E-state index is -0.0920. The Balaban J connectivity index is 1.58. The number of nitrogens with one attached hydrogen (secondary N) is 1. The van der Waals surface area contributed by atoms with E-state index >= 15 is 0 Å². The Morgan fingerprint density at radius 2 is 1.79 bits per heavy atom. The maximum atomic E-state index is 12.7. The molecule has 2 heterocycles. The standard InChI is InChI=1S/C21H24N4O3/c1-3-27-19-11-15-9-10-24(13-16(15)12-20(19)28-4-2)14-25-21(26)17-7-5-6-8-18(17)22-23-25/h5-8,11-12H,3-4,9-10,13-14H2,1-2H3/p+1. The van der Waals surface area contributed by atoms with Crippen molar-refractivity contribution in [1.29, 1.82) is 0 Å². The molecule has 0 bridgehead atoms. The largest absolute Gasteiger partial charge is 0.490 e. The van der Waals surface area contributed by atoms with Crippen LogP contribution < -0.4 is 19.9 Å². The van der Waals surface area contributed by atoms with E-state index < -0.39 is 0 Å². The fourth-order valence-electron chi connectivity index (χ4n) is 3.72. The van der Waals surface area contributed by atoms with Crippen molar-refractivity contribution in [3.63, 3.8) is 0 Å². The average molecular weight is 381 g/mol. The van der Waals surface area contributed by atoms with Crippen LogP contribution in [-0.4, -0.2) is 34.8 Å². The van der Waals surface area contributed by atoms with Crippen LogP contribution in [0.2, 0.25) is 0 Å². The van der Waals surface area contributed by atoms with Crippen molar-refractivity contribution in [2.75, 3.05) is 19.8 Å². The molecule has 146 valence electrons. The molecule has 0 aliphatic carbocycles. The first-order valence-corrected chi connectivity index (χ1v) is 9.77. The maximum Gasteiger partial charge on any atom is 0.282 e. The molecule has 7 heteroatoms. The first-order valence-electron chi connectivity index (χ1n) is 9.77. The van der Waals surface area contributed by atoms with Gasteiger partial charge in [-0.2, -0.15) is 4.68 Å². The van der Waals surface area contributed by atoms with Gasteiger partial charge in [0.2, 0.25) is 0 Å². The average Bonchev–Trinajstić information content (AvgIpc) is 2.71. The molecule has 1 unspecified atom stereocenters. The van der Waals surface area contributed by atoms with E-state index in [1.54, 1.807) is 6.07 Å². The summed E-state index contributed by atoms with van der Waals surface area (Å²) in [5, 5.41) is 8.92. The van der Waals surface area contributed by atoms with Crippen LogP contribution in [0, 0.1) is 0 Å². The van der Waals surface area contributed by atoms with E-state index in [1.165, 1.54) is 20.7 Å². The topological polar surface area (TPSA) is 70.7 Å². The van der Waals surface area contributed by atoms with Crippen LogP contribution in [-0.2, 0) is 19.6 Å². The monoisotopic (exact) mass is 381 g/mol. The van der Waals surface area contributed by atoms with Crippen molar-refractivity contribution in [2.24, 2.45) is 0 Å². The molecule has 0 radical (unpaired) electrons. The Labute approximate surface area is 163 Å². The molecular weight excluding hydrogens is 356 g/mol. The summed E-state index contributed by atoms with van der Waals surface area (Å²) in [7, 11) is 0. The Bertz CT molecular complexity index is 1050. The van der Waals surface area contributed by atoms with Gasteiger partial charge in [0.25, 0.3) is 5.56 Å². The molecule has 3 aromatic rings. The first-order chi connectivity index (χ1) is 13.7. The Hall–Kier alpha value is -2.93. The van der Waals surface area contributed by atoms with Crippen LogP contribution in [0.15, 0.2) is 41.2 Å². The van der Waals surface area contributed by atoms with Gasteiger partial charge in [-0.25, -0.2) is 0 Å². The summed E-state index contributed by atoms with van der Waals surface area (Å²) in [6.07, 6.45) is 0.924. The molecule has 7 nitrogen and oxygen atoms in total. The van der Waals surface area contributed by atoms with Crippen molar-refractivity contribution in [3.8, 4) is 11.5 Å². The van der Waals surface area contributed by atoms with Gasteiger partial charge in [0.05, 0.1) is 25.1 Å². The lowest BCUT2D eigenvalue weighted by Gasteiger charge is -2.27. The molecule has 0 spiro atoms. The highest BCUT2D eigenvalue weighted by molar-refractivity contribution is 5.76. The number of benzene rings is 2. The second kappa shape index (κ2) is 7.98. The van der Waals surface area contributed by atoms with Crippen LogP contribution in [0.1, 0.15) is 25.0 Å². The van der Waals surface area contributed by atoms with E-state index in [-0.39, 0.29) is 5.56 Å². The summed E-state index contributed by atoms with van der Waals surface area (Å²) in [5.41, 5.74) is 3.06. The van der Waals surface area contributed by atoms with E-state index in [2.05, 4.69) is 22.4 Å². The molecule has 4 rings (SSSR count). The number of quaternary nitrogens is 1. The van der Waals surface area contributed by atoms with Crippen molar-refractivity contribution >= 4 is 10.9 Å². The predicted molar refractivity (Wildman–Crippen MR) is 106 cm³/mol. The van der Waals surface area contributed by atoms with Crippen molar-refractivity contribution in [3.05, 3.63) is 57.9 Å². The molecule has 1 aromatic heterocycles. The lowest BCUT2D eigenvalue weighted by Crippen LogP contribution is -3.11. The third kappa shape index (κ3) is 3.57. The molecule has 1 N–H and O–H groups in total. The number of aromatic nitrogens is 3. The molecule has 1 atom stereocenters. The van der Waals surface area contributed by atoms with Crippen LogP contribution in [0.3, 0.4) is 0 Å². The maximum absolute atomic E-state index is 12.7. The normalized spacial score (nSPS) is 16.0. The number of fused-ring (bicyclic) bond motifs is 2. The second-order valence-electron chi connectivity index (χ2n) is 6.93. The smallest absolute Gasteiger partial charge is 0.282 e. The fraction of sp³-hybridized carbons (Fsp3) is 0.381. The van der Waals surface area contributed by atoms with Gasteiger partial charge in [-0.3, -0.25) is 4.79 Å². The van der Waals surface area contributed by atoms with Gasteiger partial charge in [-0.1, -0.05) is 17.3 Å². The van der Waals surface area contributed by atoms with Gasteiger partial charge in [0.15, 0.2) is 18.2 Å². The molecule has 28 heavy (non-hydrogen) atoms. The third-order valence-corrected chi connectivity index (χ3v) is 5.06. The summed E-state index contributed by atoms with van der Waals surface area (Å²) in [4.78, 5) is 14.0. The number of nitrogens with zero attached hydrogens (tertiary/aromatic N) is 3. The quantitative estimate of drug-likeness (QED) is 0.695. The molecule has 0 saturated carbocycles. The van der Waals surface area contributed by atoms with Crippen LogP contribution in [0.25, 0.3) is 10.9 Å². The Morgan fingerprint density at radius 1 is 1.07 bits per heavy atom. The SMILES string of the molecule is CCOc1cc2c(cc1OCC)C[NH+](Cn1nnc3ccccc3c1=O)CC2. The number of hydrogen-bond acceptors (Lipinski definition) is 5. The zero-order valence-corrected chi connectivity index (χ0v) is 16.3. The summed E-state index contributed by atoms with van der Waals surface area (Å²) in [6.45, 7) is 7.38. The van der Waals surface area contributed by atoms with Gasteiger partial charge < -0.3 is 14.4 Å². The van der Waals surface area contributed by atoms with Gasteiger partial charge in [-0.15, -0.1) is 5.10 Å². The first kappa shape index (κ1) is 18.4. The van der Waals surface area contributed by atoms with Crippen LogP contribution in [0.4, 0.5) is 0 Å². The minimum Gasteiger partial charge on any atom is -0.490 e. The van der Waals surface area contributed by atoms with Gasteiger partial charge in [-0.05, 0) is 43.7 Å². The van der Waals surface area contributed by atoms with Crippen LogP contribution >= 0.6 is 0 Å². The highest BCUT2D eigenvalue weighted by atomic mass is 16.5. The highest BCUT2D eigenvalue weighted by Crippen LogP contribution is 2.32. The number of hydrogen-bond donors (Lipinski definition) is 1. The number of rotatable bonds is 6. The Morgan fingerprint density at radius 3 is 2.54 bits per heavy atom. The van der Waals surface area contributed by atoms with E-state index in [0.717, 1.165) is 31.0 Å². The number of ether oxygens (including phenoxy) is 2.